The summed E-state index contributed by atoms with van der Waals surface area (Å²) in [5.41, 5.74) is 5.46. The fraction of sp³-hybridized carbons (Fsp3) is 0.231. The first-order valence-corrected chi connectivity index (χ1v) is 11.1. The zero-order valence-electron chi connectivity index (χ0n) is 19.4. The molecule has 0 aliphatic heterocycles. The fourth-order valence-corrected chi connectivity index (χ4v) is 4.15. The van der Waals surface area contributed by atoms with Crippen molar-refractivity contribution >= 4 is 18.0 Å². The summed E-state index contributed by atoms with van der Waals surface area (Å²) in [5, 5.41) is 18.4. The Morgan fingerprint density at radius 1 is 1.06 bits per heavy atom. The van der Waals surface area contributed by atoms with E-state index in [9.17, 15) is 14.4 Å². The van der Waals surface area contributed by atoms with Crippen LogP contribution in [0.1, 0.15) is 40.2 Å². The first kappa shape index (κ1) is 23.7. The van der Waals surface area contributed by atoms with Crippen LogP contribution in [0.5, 0.6) is 0 Å². The van der Waals surface area contributed by atoms with Gasteiger partial charge in [-0.3, -0.25) is 9.48 Å². The highest BCUT2D eigenvalue weighted by atomic mass is 16.5. The number of nitrogens with zero attached hydrogens (tertiary/aromatic N) is 2. The molecule has 9 nitrogen and oxygen atoms in total. The molecule has 0 atom stereocenters. The molecule has 0 bridgehead atoms. The quantitative estimate of drug-likeness (QED) is 0.431. The smallest absolute Gasteiger partial charge is 0.407 e. The van der Waals surface area contributed by atoms with Crippen LogP contribution < -0.4 is 10.6 Å². The summed E-state index contributed by atoms with van der Waals surface area (Å²) in [5.74, 6) is -1.46. The summed E-state index contributed by atoms with van der Waals surface area (Å²) in [7, 11) is 1.52. The molecule has 1 aliphatic carbocycles. The summed E-state index contributed by atoms with van der Waals surface area (Å²) < 4.78 is 6.72. The highest BCUT2D eigenvalue weighted by Gasteiger charge is 2.28. The van der Waals surface area contributed by atoms with E-state index < -0.39 is 12.1 Å². The third kappa shape index (κ3) is 5.24. The summed E-state index contributed by atoms with van der Waals surface area (Å²) >= 11 is 0. The van der Waals surface area contributed by atoms with Gasteiger partial charge in [-0.05, 0) is 35.2 Å². The topological polar surface area (TPSA) is 123 Å². The minimum Gasteiger partial charge on any atom is -0.477 e. The van der Waals surface area contributed by atoms with Gasteiger partial charge in [0.1, 0.15) is 12.3 Å². The maximum absolute atomic E-state index is 12.3. The normalized spacial score (nSPS) is 12.6. The van der Waals surface area contributed by atoms with Gasteiger partial charge in [-0.15, -0.1) is 0 Å². The van der Waals surface area contributed by atoms with Crippen LogP contribution in [0.25, 0.3) is 11.1 Å². The zero-order chi connectivity index (χ0) is 24.9. The summed E-state index contributed by atoms with van der Waals surface area (Å²) in [4.78, 5) is 35.6. The van der Waals surface area contributed by atoms with Crippen LogP contribution >= 0.6 is 0 Å². The highest BCUT2D eigenvalue weighted by molar-refractivity contribution is 5.92. The largest absolute Gasteiger partial charge is 0.477 e. The van der Waals surface area contributed by atoms with Gasteiger partial charge in [0.05, 0.1) is 12.2 Å². The third-order valence-electron chi connectivity index (χ3n) is 5.94. The number of hydrogen-bond acceptors (Lipinski definition) is 5. The zero-order valence-corrected chi connectivity index (χ0v) is 19.4. The highest BCUT2D eigenvalue weighted by Crippen LogP contribution is 2.44. The van der Waals surface area contributed by atoms with Crippen molar-refractivity contribution in [3.8, 4) is 11.1 Å². The van der Waals surface area contributed by atoms with E-state index in [-0.39, 0.29) is 37.2 Å². The number of aromatic nitrogens is 2. The van der Waals surface area contributed by atoms with Crippen molar-refractivity contribution in [3.63, 3.8) is 0 Å². The number of rotatable bonds is 8. The molecule has 35 heavy (non-hydrogen) atoms. The van der Waals surface area contributed by atoms with E-state index in [1.165, 1.54) is 17.8 Å². The second-order valence-electron chi connectivity index (χ2n) is 8.23. The number of nitrogens with one attached hydrogen (secondary N) is 2. The van der Waals surface area contributed by atoms with Gasteiger partial charge in [0.25, 0.3) is 0 Å². The van der Waals surface area contributed by atoms with E-state index in [2.05, 4.69) is 40.0 Å². The molecule has 3 N–H and O–H groups in total. The first-order chi connectivity index (χ1) is 16.8. The molecule has 1 heterocycles. The molecule has 180 valence electrons. The van der Waals surface area contributed by atoms with E-state index in [1.807, 2.05) is 24.3 Å². The summed E-state index contributed by atoms with van der Waals surface area (Å²) in [6, 6.07) is 17.6. The summed E-state index contributed by atoms with van der Waals surface area (Å²) in [6.45, 7) is 2.05. The number of carboxylic acids is 1. The lowest BCUT2D eigenvalue weighted by Gasteiger charge is -2.14. The van der Waals surface area contributed by atoms with Crippen molar-refractivity contribution < 1.29 is 24.2 Å². The van der Waals surface area contributed by atoms with Gasteiger partial charge in [0, 0.05) is 25.1 Å². The predicted octanol–water partition coefficient (Wildman–Crippen LogP) is 3.22. The second kappa shape index (κ2) is 10.3. The van der Waals surface area contributed by atoms with Gasteiger partial charge >= 0.3 is 12.1 Å². The Labute approximate surface area is 202 Å². The molecule has 4 rings (SSSR count). The number of fused-ring (bicyclic) bond motifs is 3. The first-order valence-electron chi connectivity index (χ1n) is 11.1. The number of ether oxygens (including phenoxy) is 1. The van der Waals surface area contributed by atoms with Crippen LogP contribution in [0.2, 0.25) is 0 Å². The molecule has 0 radical (unpaired) electrons. The van der Waals surface area contributed by atoms with Gasteiger partial charge < -0.3 is 20.5 Å². The van der Waals surface area contributed by atoms with E-state index in [1.54, 1.807) is 13.0 Å². The number of carbonyl (C=O) groups is 3. The van der Waals surface area contributed by atoms with Crippen molar-refractivity contribution in [2.75, 3.05) is 13.2 Å². The van der Waals surface area contributed by atoms with Crippen LogP contribution in [-0.4, -0.2) is 46.0 Å². The standard InChI is InChI=1S/C26H26N4O5/c1-16(24(31)28-14-17-13-23(25(32)33)30(2)29-17)11-12-27-26(34)35-15-22-20-9-5-3-7-18(20)19-8-4-6-10-21(19)22/h3-11,13,22H,12,14-15H2,1-2H3,(H,27,34)(H,28,31)(H,32,33)/b16-11+. The number of aromatic carboxylic acids is 1. The Hall–Kier alpha value is -4.40. The van der Waals surface area contributed by atoms with Gasteiger partial charge in [-0.2, -0.15) is 5.10 Å². The summed E-state index contributed by atoms with van der Waals surface area (Å²) in [6.07, 6.45) is 1.02. The van der Waals surface area contributed by atoms with Crippen LogP contribution in [-0.2, 0) is 23.1 Å². The molecule has 2 aromatic carbocycles. The van der Waals surface area contributed by atoms with E-state index in [4.69, 9.17) is 9.84 Å². The fourth-order valence-electron chi connectivity index (χ4n) is 4.15. The van der Waals surface area contributed by atoms with Crippen molar-refractivity contribution in [1.82, 2.24) is 20.4 Å². The lowest BCUT2D eigenvalue weighted by Crippen LogP contribution is -2.28. The second-order valence-corrected chi connectivity index (χ2v) is 8.23. The van der Waals surface area contributed by atoms with Crippen LogP contribution in [0, 0.1) is 0 Å². The SMILES string of the molecule is C/C(=C\CNC(=O)OCC1c2ccccc2-c2ccccc21)C(=O)NCc1cc(C(=O)O)n(C)n1. The maximum atomic E-state index is 12.3. The van der Waals surface area contributed by atoms with Gasteiger partial charge in [-0.25, -0.2) is 9.59 Å². The molecule has 1 aromatic heterocycles. The molecule has 3 aromatic rings. The predicted molar refractivity (Wildman–Crippen MR) is 129 cm³/mol. The molecule has 1 aliphatic rings. The monoisotopic (exact) mass is 474 g/mol. The molecule has 0 saturated heterocycles. The number of alkyl carbamates (subject to hydrolysis) is 1. The van der Waals surface area contributed by atoms with E-state index >= 15 is 0 Å². The molecule has 2 amide bonds. The number of amides is 2. The van der Waals surface area contributed by atoms with Gasteiger partial charge in [0.15, 0.2) is 0 Å². The minimum absolute atomic E-state index is 0.0237. The van der Waals surface area contributed by atoms with E-state index in [0.717, 1.165) is 22.3 Å². The Morgan fingerprint density at radius 2 is 1.69 bits per heavy atom. The molecule has 9 heteroatoms. The average Bonchev–Trinajstić information content (AvgIpc) is 3.38. The van der Waals surface area contributed by atoms with Crippen molar-refractivity contribution in [2.45, 2.75) is 19.4 Å². The van der Waals surface area contributed by atoms with Crippen LogP contribution in [0.3, 0.4) is 0 Å². The lowest BCUT2D eigenvalue weighted by molar-refractivity contribution is -0.117. The van der Waals surface area contributed by atoms with Crippen molar-refractivity contribution in [3.05, 3.63) is 88.8 Å². The molecular formula is C26H26N4O5. The Bertz CT molecular complexity index is 1270. The number of hydrogen-bond donors (Lipinski definition) is 3. The Kier molecular flexibility index (Phi) is 6.96. The van der Waals surface area contributed by atoms with E-state index in [0.29, 0.717) is 11.3 Å². The van der Waals surface area contributed by atoms with Crippen molar-refractivity contribution in [1.29, 1.82) is 0 Å². The molecule has 0 spiro atoms. The van der Waals surface area contributed by atoms with Crippen LogP contribution in [0.15, 0.2) is 66.2 Å². The van der Waals surface area contributed by atoms with Gasteiger partial charge in [-0.1, -0.05) is 54.6 Å². The minimum atomic E-state index is -1.09. The maximum Gasteiger partial charge on any atom is 0.407 e. The number of carbonyl (C=O) groups excluding carboxylic acids is 2. The number of carboxylic acid groups (broad SMARTS) is 1. The third-order valence-corrected chi connectivity index (χ3v) is 5.94. The molecule has 0 unspecified atom stereocenters. The Morgan fingerprint density at radius 3 is 2.29 bits per heavy atom. The van der Waals surface area contributed by atoms with Crippen molar-refractivity contribution in [2.24, 2.45) is 7.05 Å². The lowest BCUT2D eigenvalue weighted by atomic mass is 9.98. The number of aryl methyl sites for hydroxylation is 1. The molecule has 0 saturated carbocycles. The molecule has 0 fully saturated rings. The van der Waals surface area contributed by atoms with Crippen LogP contribution in [0.4, 0.5) is 4.79 Å². The molecular weight excluding hydrogens is 448 g/mol. The average molecular weight is 475 g/mol. The number of benzene rings is 2. The Balaban J connectivity index is 1.25. The van der Waals surface area contributed by atoms with Gasteiger partial charge in [0.2, 0.25) is 5.91 Å².